The SMILES string of the molecule is C#CCOc1ccc(Br)cc1/C=C(\C#N)C(=O)Cc1sc(C(=O)OCC)c(C)c1C(=O)OCC. The molecule has 176 valence electrons. The van der Waals surface area contributed by atoms with Crippen LogP contribution in [-0.4, -0.2) is 37.5 Å². The van der Waals surface area contributed by atoms with Gasteiger partial charge in [-0.05, 0) is 50.6 Å². The summed E-state index contributed by atoms with van der Waals surface area (Å²) in [5, 5.41) is 9.67. The first-order chi connectivity index (χ1) is 16.3. The highest BCUT2D eigenvalue weighted by Crippen LogP contribution is 2.31. The molecule has 1 aromatic heterocycles. The number of esters is 2. The Morgan fingerprint density at radius 1 is 1.18 bits per heavy atom. The van der Waals surface area contributed by atoms with E-state index in [1.165, 1.54) is 6.08 Å². The van der Waals surface area contributed by atoms with Crippen LogP contribution in [0.3, 0.4) is 0 Å². The number of allylic oxidation sites excluding steroid dienone is 1. The lowest BCUT2D eigenvalue weighted by molar-refractivity contribution is -0.114. The molecular formula is C25H22BrNO6S. The van der Waals surface area contributed by atoms with E-state index < -0.39 is 17.7 Å². The van der Waals surface area contributed by atoms with Gasteiger partial charge in [-0.2, -0.15) is 5.26 Å². The van der Waals surface area contributed by atoms with Crippen molar-refractivity contribution in [3.05, 3.63) is 54.7 Å². The Balaban J connectivity index is 2.47. The molecule has 0 aliphatic heterocycles. The Morgan fingerprint density at radius 3 is 2.47 bits per heavy atom. The molecule has 0 aliphatic carbocycles. The molecular weight excluding hydrogens is 522 g/mol. The second kappa shape index (κ2) is 12.7. The van der Waals surface area contributed by atoms with Crippen LogP contribution in [0.4, 0.5) is 0 Å². The Kier molecular flexibility index (Phi) is 10.1. The molecule has 0 amide bonds. The Hall–Kier alpha value is -3.40. The number of ketones is 1. The van der Waals surface area contributed by atoms with Gasteiger partial charge >= 0.3 is 11.9 Å². The summed E-state index contributed by atoms with van der Waals surface area (Å²) >= 11 is 4.34. The average molecular weight is 544 g/mol. The lowest BCUT2D eigenvalue weighted by Crippen LogP contribution is -2.12. The summed E-state index contributed by atoms with van der Waals surface area (Å²) in [5.74, 6) is 1.01. The van der Waals surface area contributed by atoms with Gasteiger partial charge in [0.05, 0.1) is 24.4 Å². The maximum absolute atomic E-state index is 13.1. The number of terminal acetylenes is 1. The Labute approximate surface area is 210 Å². The first-order valence-corrected chi connectivity index (χ1v) is 11.9. The van der Waals surface area contributed by atoms with E-state index in [-0.39, 0.29) is 42.3 Å². The van der Waals surface area contributed by atoms with E-state index in [9.17, 15) is 19.6 Å². The van der Waals surface area contributed by atoms with Crippen LogP contribution in [0.15, 0.2) is 28.2 Å². The van der Waals surface area contributed by atoms with Crippen LogP contribution in [0.2, 0.25) is 0 Å². The second-order valence-electron chi connectivity index (χ2n) is 6.74. The maximum atomic E-state index is 13.1. The number of thiophene rings is 1. The normalized spacial score (nSPS) is 10.7. The third kappa shape index (κ3) is 6.57. The summed E-state index contributed by atoms with van der Waals surface area (Å²) in [6.07, 6.45) is 6.38. The van der Waals surface area contributed by atoms with Gasteiger partial charge in [-0.3, -0.25) is 4.79 Å². The van der Waals surface area contributed by atoms with E-state index >= 15 is 0 Å². The van der Waals surface area contributed by atoms with Gasteiger partial charge in [-0.1, -0.05) is 21.9 Å². The van der Waals surface area contributed by atoms with Crippen LogP contribution in [0, 0.1) is 30.6 Å². The number of hydrogen-bond acceptors (Lipinski definition) is 8. The fourth-order valence-electron chi connectivity index (χ4n) is 3.01. The summed E-state index contributed by atoms with van der Waals surface area (Å²) in [4.78, 5) is 38.5. The van der Waals surface area contributed by atoms with Gasteiger partial charge in [0.1, 0.15) is 23.3 Å². The van der Waals surface area contributed by atoms with E-state index in [1.54, 1.807) is 39.0 Å². The lowest BCUT2D eigenvalue weighted by atomic mass is 10.0. The molecule has 1 heterocycles. The van der Waals surface area contributed by atoms with Gasteiger partial charge in [0.25, 0.3) is 0 Å². The fraction of sp³-hybridized carbons (Fsp3) is 0.280. The molecule has 0 bridgehead atoms. The van der Waals surface area contributed by atoms with Crippen LogP contribution < -0.4 is 4.74 Å². The smallest absolute Gasteiger partial charge is 0.348 e. The summed E-state index contributed by atoms with van der Waals surface area (Å²) in [6, 6.07) is 7.01. The van der Waals surface area contributed by atoms with Gasteiger partial charge in [0, 0.05) is 21.3 Å². The number of carbonyl (C=O) groups excluding carboxylic acids is 3. The first kappa shape index (κ1) is 26.8. The van der Waals surface area contributed by atoms with E-state index in [2.05, 4.69) is 21.9 Å². The van der Waals surface area contributed by atoms with Gasteiger partial charge in [0.15, 0.2) is 5.78 Å². The number of rotatable bonds is 10. The minimum absolute atomic E-state index is 0.0202. The zero-order valence-electron chi connectivity index (χ0n) is 18.9. The number of carbonyl (C=O) groups is 3. The van der Waals surface area contributed by atoms with Gasteiger partial charge in [0.2, 0.25) is 0 Å². The van der Waals surface area contributed by atoms with Crippen LogP contribution in [0.1, 0.15) is 49.9 Å². The van der Waals surface area contributed by atoms with Crippen molar-refractivity contribution in [2.24, 2.45) is 0 Å². The average Bonchev–Trinajstić information content (AvgIpc) is 3.12. The standard InChI is InChI=1S/C25H22BrNO6S/c1-5-10-33-20-9-8-18(26)12-16(20)11-17(14-27)19(28)13-21-22(24(29)31-6-2)15(4)23(34-21)25(30)32-7-3/h1,8-9,11-12H,6-7,10,13H2,2-4H3/b17-11+. The van der Waals surface area contributed by atoms with Crippen molar-refractivity contribution in [1.82, 2.24) is 0 Å². The maximum Gasteiger partial charge on any atom is 0.348 e. The Bertz CT molecular complexity index is 1220. The summed E-state index contributed by atoms with van der Waals surface area (Å²) < 4.78 is 16.4. The van der Waals surface area contributed by atoms with E-state index in [0.29, 0.717) is 26.2 Å². The third-order valence-corrected chi connectivity index (χ3v) is 6.25. The molecule has 0 spiro atoms. The van der Waals surface area contributed by atoms with Crippen molar-refractivity contribution in [2.45, 2.75) is 27.2 Å². The predicted octanol–water partition coefficient (Wildman–Crippen LogP) is 4.90. The molecule has 0 saturated heterocycles. The third-order valence-electron chi connectivity index (χ3n) is 4.48. The monoisotopic (exact) mass is 543 g/mol. The molecule has 9 heteroatoms. The molecule has 0 aliphatic rings. The molecule has 2 rings (SSSR count). The molecule has 0 N–H and O–H groups in total. The molecule has 1 aromatic carbocycles. The van der Waals surface area contributed by atoms with E-state index in [0.717, 1.165) is 11.3 Å². The minimum atomic E-state index is -0.644. The molecule has 34 heavy (non-hydrogen) atoms. The summed E-state index contributed by atoms with van der Waals surface area (Å²) in [5.41, 5.74) is 0.849. The fourth-order valence-corrected chi connectivity index (χ4v) is 4.58. The van der Waals surface area contributed by atoms with E-state index in [1.807, 2.05) is 6.07 Å². The first-order valence-electron chi connectivity index (χ1n) is 10.2. The van der Waals surface area contributed by atoms with Crippen molar-refractivity contribution in [3.8, 4) is 24.2 Å². The molecule has 2 aromatic rings. The van der Waals surface area contributed by atoms with E-state index in [4.69, 9.17) is 20.6 Å². The van der Waals surface area contributed by atoms with Crippen LogP contribution in [0.25, 0.3) is 6.08 Å². The van der Waals surface area contributed by atoms with Gasteiger partial charge < -0.3 is 14.2 Å². The molecule has 0 fully saturated rings. The zero-order valence-corrected chi connectivity index (χ0v) is 21.3. The predicted molar refractivity (Wildman–Crippen MR) is 132 cm³/mol. The molecule has 7 nitrogen and oxygen atoms in total. The zero-order chi connectivity index (χ0) is 25.3. The van der Waals surface area contributed by atoms with Crippen molar-refractivity contribution >= 4 is 51.1 Å². The highest BCUT2D eigenvalue weighted by Gasteiger charge is 2.28. The number of benzene rings is 1. The van der Waals surface area contributed by atoms with Crippen LogP contribution >= 0.6 is 27.3 Å². The number of hydrogen-bond donors (Lipinski definition) is 0. The molecule has 0 unspecified atom stereocenters. The van der Waals surface area contributed by atoms with Crippen LogP contribution in [0.5, 0.6) is 5.75 Å². The topological polar surface area (TPSA) is 103 Å². The largest absolute Gasteiger partial charge is 0.480 e. The number of ether oxygens (including phenoxy) is 3. The van der Waals surface area contributed by atoms with Crippen molar-refractivity contribution in [3.63, 3.8) is 0 Å². The minimum Gasteiger partial charge on any atom is -0.480 e. The van der Waals surface area contributed by atoms with Crippen molar-refractivity contribution < 1.29 is 28.6 Å². The van der Waals surface area contributed by atoms with Gasteiger partial charge in [-0.15, -0.1) is 17.8 Å². The van der Waals surface area contributed by atoms with Crippen molar-refractivity contribution in [2.75, 3.05) is 19.8 Å². The second-order valence-corrected chi connectivity index (χ2v) is 8.76. The van der Waals surface area contributed by atoms with Gasteiger partial charge in [-0.25, -0.2) is 9.59 Å². The summed E-state index contributed by atoms with van der Waals surface area (Å²) in [6.45, 7) is 5.24. The Morgan fingerprint density at radius 2 is 1.85 bits per heavy atom. The van der Waals surface area contributed by atoms with Crippen LogP contribution in [-0.2, 0) is 20.7 Å². The molecule has 0 radical (unpaired) electrons. The highest BCUT2D eigenvalue weighted by atomic mass is 79.9. The van der Waals surface area contributed by atoms with Crippen molar-refractivity contribution in [1.29, 1.82) is 5.26 Å². The molecule has 0 atom stereocenters. The number of Topliss-reactive ketones (excluding diaryl/α,β-unsaturated/α-hetero) is 1. The summed E-state index contributed by atoms with van der Waals surface area (Å²) in [7, 11) is 0. The molecule has 0 saturated carbocycles. The number of nitriles is 1. The highest BCUT2D eigenvalue weighted by molar-refractivity contribution is 9.10. The number of halogens is 1. The number of nitrogens with zero attached hydrogens (tertiary/aromatic N) is 1. The lowest BCUT2D eigenvalue weighted by Gasteiger charge is -2.08. The quantitative estimate of drug-likeness (QED) is 0.181.